The molecule has 0 saturated carbocycles. The molecule has 1 atom stereocenters. The van der Waals surface area contributed by atoms with Crippen LogP contribution in [0.5, 0.6) is 0 Å². The summed E-state index contributed by atoms with van der Waals surface area (Å²) < 4.78 is 26.7. The summed E-state index contributed by atoms with van der Waals surface area (Å²) in [5.41, 5.74) is 0. The first-order valence-corrected chi connectivity index (χ1v) is 9.86. The lowest BCUT2D eigenvalue weighted by Gasteiger charge is -2.31. The summed E-state index contributed by atoms with van der Waals surface area (Å²) in [5, 5.41) is 9.17. The molecule has 0 radical (unpaired) electrons. The Labute approximate surface area is 142 Å². The molecule has 2 fully saturated rings. The van der Waals surface area contributed by atoms with Gasteiger partial charge in [0.15, 0.2) is 0 Å². The Morgan fingerprint density at radius 3 is 2.50 bits per heavy atom. The molecule has 132 valence electrons. The highest BCUT2D eigenvalue weighted by Gasteiger charge is 2.28. The molecule has 1 unspecified atom stereocenters. The van der Waals surface area contributed by atoms with E-state index < -0.39 is 21.9 Å². The van der Waals surface area contributed by atoms with Gasteiger partial charge in [0.1, 0.15) is 10.7 Å². The third-order valence-corrected chi connectivity index (χ3v) is 6.65. The molecular formula is C16H23N3O4S. The van der Waals surface area contributed by atoms with Crippen LogP contribution in [0, 0.1) is 5.92 Å². The Bertz CT molecular complexity index is 684. The van der Waals surface area contributed by atoms with Crippen molar-refractivity contribution in [3.63, 3.8) is 0 Å². The molecule has 24 heavy (non-hydrogen) atoms. The molecule has 0 spiro atoms. The van der Waals surface area contributed by atoms with E-state index in [0.717, 1.165) is 32.2 Å². The van der Waals surface area contributed by atoms with Gasteiger partial charge < -0.3 is 10.0 Å². The zero-order chi connectivity index (χ0) is 17.2. The van der Waals surface area contributed by atoms with E-state index in [9.17, 15) is 13.2 Å². The van der Waals surface area contributed by atoms with Crippen LogP contribution >= 0.6 is 0 Å². The van der Waals surface area contributed by atoms with E-state index >= 15 is 0 Å². The van der Waals surface area contributed by atoms with Gasteiger partial charge in [-0.2, -0.15) is 4.31 Å². The van der Waals surface area contributed by atoms with Crippen molar-refractivity contribution in [3.8, 4) is 0 Å². The van der Waals surface area contributed by atoms with E-state index in [4.69, 9.17) is 5.11 Å². The molecule has 2 aliphatic rings. The van der Waals surface area contributed by atoms with E-state index in [1.807, 2.05) is 4.90 Å². The molecule has 0 aromatic carbocycles. The van der Waals surface area contributed by atoms with Gasteiger partial charge in [-0.1, -0.05) is 6.42 Å². The minimum absolute atomic E-state index is 0.208. The van der Waals surface area contributed by atoms with E-state index in [1.165, 1.54) is 10.5 Å². The third kappa shape index (κ3) is 3.54. The van der Waals surface area contributed by atoms with Gasteiger partial charge in [0.25, 0.3) is 0 Å². The Morgan fingerprint density at radius 1 is 1.12 bits per heavy atom. The van der Waals surface area contributed by atoms with Crippen molar-refractivity contribution in [1.82, 2.24) is 9.29 Å². The normalized spacial score (nSPS) is 23.2. The van der Waals surface area contributed by atoms with E-state index in [-0.39, 0.29) is 4.90 Å². The topological polar surface area (TPSA) is 90.8 Å². The van der Waals surface area contributed by atoms with Crippen LogP contribution in [0.3, 0.4) is 0 Å². The van der Waals surface area contributed by atoms with Gasteiger partial charge in [-0.15, -0.1) is 0 Å². The number of carboxylic acid groups (broad SMARTS) is 1. The molecule has 1 aromatic heterocycles. The van der Waals surface area contributed by atoms with Gasteiger partial charge >= 0.3 is 5.97 Å². The molecule has 1 N–H and O–H groups in total. The van der Waals surface area contributed by atoms with Crippen molar-refractivity contribution in [2.45, 2.75) is 37.0 Å². The van der Waals surface area contributed by atoms with Crippen LogP contribution in [0.15, 0.2) is 23.2 Å². The zero-order valence-electron chi connectivity index (χ0n) is 13.6. The summed E-state index contributed by atoms with van der Waals surface area (Å²) in [5.74, 6) is -0.542. The number of hydrogen-bond acceptors (Lipinski definition) is 5. The van der Waals surface area contributed by atoms with Crippen LogP contribution in [-0.2, 0) is 14.8 Å². The first-order chi connectivity index (χ1) is 11.5. The molecule has 2 saturated heterocycles. The number of piperidine rings is 2. The quantitative estimate of drug-likeness (QED) is 0.883. The van der Waals surface area contributed by atoms with Gasteiger partial charge in [0.2, 0.25) is 10.0 Å². The molecule has 3 rings (SSSR count). The van der Waals surface area contributed by atoms with Gasteiger partial charge in [0, 0.05) is 32.4 Å². The monoisotopic (exact) mass is 353 g/mol. The molecule has 8 heteroatoms. The van der Waals surface area contributed by atoms with Crippen LogP contribution in [0.1, 0.15) is 32.1 Å². The van der Waals surface area contributed by atoms with Gasteiger partial charge in [-0.25, -0.2) is 13.4 Å². The maximum absolute atomic E-state index is 12.6. The van der Waals surface area contributed by atoms with E-state index in [1.54, 1.807) is 12.1 Å². The lowest BCUT2D eigenvalue weighted by atomic mass is 9.98. The van der Waals surface area contributed by atoms with Crippen molar-refractivity contribution in [3.05, 3.63) is 18.3 Å². The second kappa shape index (κ2) is 7.06. The number of nitrogens with zero attached hydrogens (tertiary/aromatic N) is 3. The fourth-order valence-electron chi connectivity index (χ4n) is 3.35. The van der Waals surface area contributed by atoms with Crippen LogP contribution in [-0.4, -0.2) is 55.0 Å². The Hall–Kier alpha value is -1.67. The lowest BCUT2D eigenvalue weighted by Crippen LogP contribution is -2.39. The molecular weight excluding hydrogens is 330 g/mol. The van der Waals surface area contributed by atoms with Crippen LogP contribution in [0.4, 0.5) is 5.82 Å². The number of carboxylic acids is 1. The molecule has 7 nitrogen and oxygen atoms in total. The lowest BCUT2D eigenvalue weighted by molar-refractivity contribution is -0.141. The van der Waals surface area contributed by atoms with E-state index in [2.05, 4.69) is 4.98 Å². The molecule has 2 aliphatic heterocycles. The highest BCUT2D eigenvalue weighted by atomic mass is 32.2. The largest absolute Gasteiger partial charge is 0.481 e. The molecule has 0 aliphatic carbocycles. The predicted octanol–water partition coefficient (Wildman–Crippen LogP) is 1.56. The van der Waals surface area contributed by atoms with Crippen molar-refractivity contribution in [2.75, 3.05) is 31.1 Å². The Balaban J connectivity index is 1.74. The summed E-state index contributed by atoms with van der Waals surface area (Å²) in [6.45, 7) is 2.29. The van der Waals surface area contributed by atoms with Crippen molar-refractivity contribution >= 4 is 21.8 Å². The highest BCUT2D eigenvalue weighted by Crippen LogP contribution is 2.24. The van der Waals surface area contributed by atoms with Gasteiger partial charge in [-0.05, 0) is 37.8 Å². The second-order valence-electron chi connectivity index (χ2n) is 6.44. The number of anilines is 1. The zero-order valence-corrected chi connectivity index (χ0v) is 14.4. The first-order valence-electron chi connectivity index (χ1n) is 8.42. The SMILES string of the molecule is O=C(O)C1CCCN(c2ccc(S(=O)(=O)N3CCCCC3)cn2)C1. The fraction of sp³-hybridized carbons (Fsp3) is 0.625. The Morgan fingerprint density at radius 2 is 1.88 bits per heavy atom. The van der Waals surface area contributed by atoms with Gasteiger partial charge in [-0.3, -0.25) is 4.79 Å². The maximum atomic E-state index is 12.6. The summed E-state index contributed by atoms with van der Waals surface area (Å²) in [6, 6.07) is 3.26. The summed E-state index contributed by atoms with van der Waals surface area (Å²) in [7, 11) is -3.48. The molecule has 0 amide bonds. The summed E-state index contributed by atoms with van der Waals surface area (Å²) in [4.78, 5) is 17.6. The minimum atomic E-state index is -3.48. The number of carbonyl (C=O) groups is 1. The molecule has 3 heterocycles. The van der Waals surface area contributed by atoms with Crippen molar-refractivity contribution < 1.29 is 18.3 Å². The average molecular weight is 353 g/mol. The number of pyridine rings is 1. The smallest absolute Gasteiger partial charge is 0.308 e. The predicted molar refractivity (Wildman–Crippen MR) is 89.4 cm³/mol. The number of rotatable bonds is 4. The van der Waals surface area contributed by atoms with Crippen LogP contribution in [0.2, 0.25) is 0 Å². The van der Waals surface area contributed by atoms with Crippen LogP contribution in [0.25, 0.3) is 0 Å². The standard InChI is InChI=1S/C16H23N3O4S/c20-16(21)13-5-4-8-18(12-13)15-7-6-14(11-17-15)24(22,23)19-9-2-1-3-10-19/h6-7,11,13H,1-5,8-10,12H2,(H,20,21). The summed E-state index contributed by atoms with van der Waals surface area (Å²) in [6.07, 6.45) is 5.73. The maximum Gasteiger partial charge on any atom is 0.308 e. The van der Waals surface area contributed by atoms with Crippen molar-refractivity contribution in [1.29, 1.82) is 0 Å². The van der Waals surface area contributed by atoms with Crippen LogP contribution < -0.4 is 4.90 Å². The number of aliphatic carboxylic acids is 1. The minimum Gasteiger partial charge on any atom is -0.481 e. The number of sulfonamides is 1. The number of aromatic nitrogens is 1. The molecule has 0 bridgehead atoms. The highest BCUT2D eigenvalue weighted by molar-refractivity contribution is 7.89. The fourth-order valence-corrected chi connectivity index (χ4v) is 4.82. The van der Waals surface area contributed by atoms with Crippen molar-refractivity contribution in [2.24, 2.45) is 5.92 Å². The second-order valence-corrected chi connectivity index (χ2v) is 8.38. The third-order valence-electron chi connectivity index (χ3n) is 4.77. The summed E-state index contributed by atoms with van der Waals surface area (Å²) >= 11 is 0. The average Bonchev–Trinajstić information content (AvgIpc) is 2.62. The van der Waals surface area contributed by atoms with E-state index in [0.29, 0.717) is 31.9 Å². The Kier molecular flexibility index (Phi) is 5.05. The van der Waals surface area contributed by atoms with Gasteiger partial charge in [0.05, 0.1) is 5.92 Å². The number of hydrogen-bond donors (Lipinski definition) is 1. The molecule has 1 aromatic rings. The first kappa shape index (κ1) is 17.2.